The molecule has 0 aliphatic carbocycles. The van der Waals surface area contributed by atoms with Crippen LogP contribution in [-0.2, 0) is 0 Å². The topological polar surface area (TPSA) is 30.5 Å². The van der Waals surface area contributed by atoms with Gasteiger partial charge in [-0.15, -0.1) is 0 Å². The van der Waals surface area contributed by atoms with Gasteiger partial charge < -0.3 is 14.8 Å². The van der Waals surface area contributed by atoms with Gasteiger partial charge in [0.2, 0.25) is 0 Å². The maximum absolute atomic E-state index is 5.69. The van der Waals surface area contributed by atoms with Crippen LogP contribution in [0.2, 0.25) is 0 Å². The number of hydrogen-bond donors (Lipinski definition) is 1. The molecule has 0 radical (unpaired) electrons. The van der Waals surface area contributed by atoms with Crippen molar-refractivity contribution in [3.05, 3.63) is 23.8 Å². The molecule has 0 fully saturated rings. The van der Waals surface area contributed by atoms with E-state index in [1.165, 1.54) is 17.7 Å². The Kier molecular flexibility index (Phi) is 6.71. The smallest absolute Gasteiger partial charge is 0.161 e. The fraction of sp³-hybridized carbons (Fsp3) is 0.647. The number of fused-ring (bicyclic) bond motifs is 1. The zero-order chi connectivity index (χ0) is 15.1. The minimum atomic E-state index is 0.375. The molecule has 0 amide bonds. The summed E-state index contributed by atoms with van der Waals surface area (Å²) in [4.78, 5) is 0. The Hall–Kier alpha value is -0.870. The SMILES string of the molecule is CCNC(CSCC(C)CC)c1ccc2c(c1)OCCO2. The summed E-state index contributed by atoms with van der Waals surface area (Å²) in [6, 6.07) is 6.70. The number of benzene rings is 1. The average molecular weight is 309 g/mol. The van der Waals surface area contributed by atoms with Crippen molar-refractivity contribution in [2.24, 2.45) is 5.92 Å². The van der Waals surface area contributed by atoms with E-state index in [4.69, 9.17) is 9.47 Å². The van der Waals surface area contributed by atoms with Crippen LogP contribution in [-0.4, -0.2) is 31.3 Å². The van der Waals surface area contributed by atoms with Gasteiger partial charge in [-0.3, -0.25) is 0 Å². The molecular formula is C17H27NO2S. The lowest BCUT2D eigenvalue weighted by Crippen LogP contribution is -2.24. The quantitative estimate of drug-likeness (QED) is 0.789. The number of ether oxygens (including phenoxy) is 2. The van der Waals surface area contributed by atoms with Crippen LogP contribution in [0.25, 0.3) is 0 Å². The van der Waals surface area contributed by atoms with Crippen molar-refractivity contribution >= 4 is 11.8 Å². The first kappa shape index (κ1) is 16.5. The predicted molar refractivity (Wildman–Crippen MR) is 90.6 cm³/mol. The Morgan fingerprint density at radius 2 is 1.90 bits per heavy atom. The summed E-state index contributed by atoms with van der Waals surface area (Å²) in [6.07, 6.45) is 1.25. The largest absolute Gasteiger partial charge is 0.486 e. The van der Waals surface area contributed by atoms with Gasteiger partial charge in [-0.25, -0.2) is 0 Å². The standard InChI is InChI=1S/C17H27NO2S/c1-4-13(3)11-21-12-15(18-5-2)14-6-7-16-17(10-14)20-9-8-19-16/h6-7,10,13,15,18H,4-5,8-9,11-12H2,1-3H3. The van der Waals surface area contributed by atoms with Crippen molar-refractivity contribution in [2.45, 2.75) is 33.2 Å². The third-order valence-electron chi connectivity index (χ3n) is 3.80. The fourth-order valence-electron chi connectivity index (χ4n) is 2.30. The lowest BCUT2D eigenvalue weighted by atomic mass is 10.1. The molecule has 118 valence electrons. The van der Waals surface area contributed by atoms with Gasteiger partial charge in [0.1, 0.15) is 13.2 Å². The van der Waals surface area contributed by atoms with E-state index in [2.05, 4.69) is 38.2 Å². The second kappa shape index (κ2) is 8.54. The minimum Gasteiger partial charge on any atom is -0.486 e. The van der Waals surface area contributed by atoms with Crippen LogP contribution >= 0.6 is 11.8 Å². The molecule has 2 unspecified atom stereocenters. The Bertz CT molecular complexity index is 439. The maximum atomic E-state index is 5.69. The highest BCUT2D eigenvalue weighted by Gasteiger charge is 2.16. The first-order valence-corrected chi connectivity index (χ1v) is 9.10. The number of thioether (sulfide) groups is 1. The van der Waals surface area contributed by atoms with E-state index in [1.807, 2.05) is 17.8 Å². The third kappa shape index (κ3) is 4.82. The molecule has 1 N–H and O–H groups in total. The lowest BCUT2D eigenvalue weighted by Gasteiger charge is -2.23. The van der Waals surface area contributed by atoms with E-state index in [0.29, 0.717) is 19.3 Å². The Morgan fingerprint density at radius 1 is 1.14 bits per heavy atom. The molecule has 1 aromatic carbocycles. The van der Waals surface area contributed by atoms with Crippen molar-refractivity contribution < 1.29 is 9.47 Å². The van der Waals surface area contributed by atoms with Crippen molar-refractivity contribution in [2.75, 3.05) is 31.3 Å². The molecule has 3 nitrogen and oxygen atoms in total. The van der Waals surface area contributed by atoms with E-state index >= 15 is 0 Å². The van der Waals surface area contributed by atoms with Crippen molar-refractivity contribution in [3.8, 4) is 11.5 Å². The molecule has 1 aliphatic rings. The van der Waals surface area contributed by atoms with Gasteiger partial charge in [-0.05, 0) is 35.9 Å². The van der Waals surface area contributed by atoms with Gasteiger partial charge in [0, 0.05) is 11.8 Å². The molecule has 1 aliphatic heterocycles. The summed E-state index contributed by atoms with van der Waals surface area (Å²) in [7, 11) is 0. The van der Waals surface area contributed by atoms with Gasteiger partial charge in [-0.1, -0.05) is 33.3 Å². The monoisotopic (exact) mass is 309 g/mol. The summed E-state index contributed by atoms with van der Waals surface area (Å²) in [5.41, 5.74) is 1.29. The Morgan fingerprint density at radius 3 is 2.62 bits per heavy atom. The lowest BCUT2D eigenvalue weighted by molar-refractivity contribution is 0.171. The molecule has 1 heterocycles. The van der Waals surface area contributed by atoms with Crippen LogP contribution in [0, 0.1) is 5.92 Å². The van der Waals surface area contributed by atoms with E-state index in [9.17, 15) is 0 Å². The second-order valence-electron chi connectivity index (χ2n) is 5.56. The van der Waals surface area contributed by atoms with Gasteiger partial charge in [0.15, 0.2) is 11.5 Å². The summed E-state index contributed by atoms with van der Waals surface area (Å²) in [5, 5.41) is 3.58. The average Bonchev–Trinajstić information content (AvgIpc) is 2.53. The van der Waals surface area contributed by atoms with Crippen molar-refractivity contribution in [1.29, 1.82) is 0 Å². The van der Waals surface area contributed by atoms with E-state index in [1.54, 1.807) is 0 Å². The highest BCUT2D eigenvalue weighted by molar-refractivity contribution is 7.99. The molecule has 0 saturated carbocycles. The number of nitrogens with one attached hydrogen (secondary N) is 1. The molecule has 0 saturated heterocycles. The summed E-state index contributed by atoms with van der Waals surface area (Å²) >= 11 is 2.03. The number of rotatable bonds is 8. The van der Waals surface area contributed by atoms with E-state index < -0.39 is 0 Å². The molecule has 2 atom stereocenters. The number of hydrogen-bond acceptors (Lipinski definition) is 4. The van der Waals surface area contributed by atoms with Gasteiger partial charge in [0.25, 0.3) is 0 Å². The Balaban J connectivity index is 2.00. The summed E-state index contributed by atoms with van der Waals surface area (Å²) in [6.45, 7) is 9.00. The molecule has 0 spiro atoms. The molecular weight excluding hydrogens is 282 g/mol. The van der Waals surface area contributed by atoms with Crippen LogP contribution in [0.4, 0.5) is 0 Å². The molecule has 21 heavy (non-hydrogen) atoms. The van der Waals surface area contributed by atoms with Gasteiger partial charge in [0.05, 0.1) is 0 Å². The van der Waals surface area contributed by atoms with Gasteiger partial charge >= 0.3 is 0 Å². The van der Waals surface area contributed by atoms with Crippen LogP contribution in [0.15, 0.2) is 18.2 Å². The second-order valence-corrected chi connectivity index (χ2v) is 6.64. The zero-order valence-electron chi connectivity index (χ0n) is 13.4. The van der Waals surface area contributed by atoms with Crippen molar-refractivity contribution in [1.82, 2.24) is 5.32 Å². The first-order chi connectivity index (χ1) is 10.2. The minimum absolute atomic E-state index is 0.375. The Labute approximate surface area is 132 Å². The van der Waals surface area contributed by atoms with E-state index in [-0.39, 0.29) is 0 Å². The summed E-state index contributed by atoms with van der Waals surface area (Å²) in [5.74, 6) is 4.86. The zero-order valence-corrected chi connectivity index (χ0v) is 14.2. The van der Waals surface area contributed by atoms with Crippen LogP contribution in [0.1, 0.15) is 38.8 Å². The first-order valence-electron chi connectivity index (χ1n) is 7.95. The van der Waals surface area contributed by atoms with Crippen LogP contribution < -0.4 is 14.8 Å². The molecule has 0 aromatic heterocycles. The van der Waals surface area contributed by atoms with Crippen LogP contribution in [0.3, 0.4) is 0 Å². The highest BCUT2D eigenvalue weighted by Crippen LogP contribution is 2.33. The molecule has 4 heteroatoms. The summed E-state index contributed by atoms with van der Waals surface area (Å²) < 4.78 is 11.3. The highest BCUT2D eigenvalue weighted by atomic mass is 32.2. The van der Waals surface area contributed by atoms with Crippen LogP contribution in [0.5, 0.6) is 11.5 Å². The maximum Gasteiger partial charge on any atom is 0.161 e. The van der Waals surface area contributed by atoms with Crippen molar-refractivity contribution in [3.63, 3.8) is 0 Å². The predicted octanol–water partition coefficient (Wildman–Crippen LogP) is 3.89. The molecule has 0 bridgehead atoms. The fourth-order valence-corrected chi connectivity index (χ4v) is 3.62. The van der Waals surface area contributed by atoms with E-state index in [0.717, 1.165) is 29.7 Å². The van der Waals surface area contributed by atoms with Gasteiger partial charge in [-0.2, -0.15) is 11.8 Å². The third-order valence-corrected chi connectivity index (χ3v) is 5.18. The molecule has 2 rings (SSSR count). The molecule has 1 aromatic rings. The normalized spacial score (nSPS) is 16.5.